The van der Waals surface area contributed by atoms with Crippen molar-refractivity contribution >= 4 is 17.8 Å². The van der Waals surface area contributed by atoms with Gasteiger partial charge in [0.25, 0.3) is 0 Å². The van der Waals surface area contributed by atoms with Gasteiger partial charge in [-0.2, -0.15) is 0 Å². The lowest BCUT2D eigenvalue weighted by Crippen LogP contribution is -2.39. The SMILES string of the molecule is CCOC(=O)CN1C[C@@]23C=C[C@H](O2)[C@@H](C(=O)O)[C@H]3C1=O. The third-order valence-corrected chi connectivity index (χ3v) is 4.09. The van der Waals surface area contributed by atoms with Gasteiger partial charge in [-0.05, 0) is 6.92 Å². The number of carboxylic acids is 1. The summed E-state index contributed by atoms with van der Waals surface area (Å²) in [5, 5.41) is 9.27. The van der Waals surface area contributed by atoms with E-state index in [1.54, 1.807) is 19.1 Å². The number of rotatable bonds is 4. The Kier molecular flexibility index (Phi) is 2.82. The molecule has 7 heteroatoms. The summed E-state index contributed by atoms with van der Waals surface area (Å²) in [7, 11) is 0. The van der Waals surface area contributed by atoms with Crippen LogP contribution in [0.1, 0.15) is 6.92 Å². The molecule has 3 aliphatic rings. The smallest absolute Gasteiger partial charge is 0.325 e. The fourth-order valence-corrected chi connectivity index (χ4v) is 3.36. The molecular weight excluding hydrogens is 266 g/mol. The maximum absolute atomic E-state index is 12.4. The van der Waals surface area contributed by atoms with Crippen LogP contribution in [0.5, 0.6) is 0 Å². The number of aliphatic carboxylic acids is 1. The van der Waals surface area contributed by atoms with Gasteiger partial charge in [-0.1, -0.05) is 12.2 Å². The van der Waals surface area contributed by atoms with Crippen molar-refractivity contribution in [2.75, 3.05) is 19.7 Å². The molecule has 7 nitrogen and oxygen atoms in total. The Hall–Kier alpha value is -1.89. The molecule has 1 N–H and O–H groups in total. The molecule has 3 rings (SSSR count). The first kappa shape index (κ1) is 13.1. The van der Waals surface area contributed by atoms with Crippen molar-refractivity contribution < 1.29 is 29.0 Å². The van der Waals surface area contributed by atoms with E-state index in [0.29, 0.717) is 0 Å². The zero-order valence-corrected chi connectivity index (χ0v) is 10.9. The maximum atomic E-state index is 12.4. The Balaban J connectivity index is 1.82. The molecular formula is C13H15NO6. The van der Waals surface area contributed by atoms with Crippen molar-refractivity contribution in [3.63, 3.8) is 0 Å². The molecule has 0 aliphatic carbocycles. The first-order valence-corrected chi connectivity index (χ1v) is 6.53. The van der Waals surface area contributed by atoms with Crippen LogP contribution in [-0.2, 0) is 23.9 Å². The number of ether oxygens (including phenoxy) is 2. The van der Waals surface area contributed by atoms with Crippen LogP contribution in [0.4, 0.5) is 0 Å². The fraction of sp³-hybridized carbons (Fsp3) is 0.615. The summed E-state index contributed by atoms with van der Waals surface area (Å²) in [6.45, 7) is 1.96. The molecule has 0 radical (unpaired) electrons. The van der Waals surface area contributed by atoms with Crippen molar-refractivity contribution in [2.24, 2.45) is 11.8 Å². The van der Waals surface area contributed by atoms with Gasteiger partial charge in [0.05, 0.1) is 25.2 Å². The molecule has 2 bridgehead atoms. The first-order chi connectivity index (χ1) is 9.48. The lowest BCUT2D eigenvalue weighted by Gasteiger charge is -2.21. The van der Waals surface area contributed by atoms with Gasteiger partial charge in [0.15, 0.2) is 0 Å². The van der Waals surface area contributed by atoms with Crippen molar-refractivity contribution in [3.8, 4) is 0 Å². The van der Waals surface area contributed by atoms with Crippen molar-refractivity contribution in [1.29, 1.82) is 0 Å². The molecule has 1 amide bonds. The molecule has 4 atom stereocenters. The highest BCUT2D eigenvalue weighted by Gasteiger charge is 2.67. The highest BCUT2D eigenvalue weighted by Crippen LogP contribution is 2.51. The summed E-state index contributed by atoms with van der Waals surface area (Å²) in [6, 6.07) is 0. The van der Waals surface area contributed by atoms with E-state index >= 15 is 0 Å². The van der Waals surface area contributed by atoms with Gasteiger partial charge < -0.3 is 19.5 Å². The standard InChI is InChI=1S/C13H15NO6/c1-2-19-8(15)5-14-6-13-4-3-7(20-13)9(12(17)18)10(13)11(14)16/h3-4,7,9-10H,2,5-6H2,1H3,(H,17,18)/t7-,9+,10-,13+/m0/s1. The van der Waals surface area contributed by atoms with E-state index in [0.717, 1.165) is 0 Å². The summed E-state index contributed by atoms with van der Waals surface area (Å²) in [5.74, 6) is -3.51. The summed E-state index contributed by atoms with van der Waals surface area (Å²) >= 11 is 0. The number of likely N-dealkylation sites (tertiary alicyclic amines) is 1. The molecule has 0 unspecified atom stereocenters. The van der Waals surface area contributed by atoms with Gasteiger partial charge in [-0.3, -0.25) is 14.4 Å². The molecule has 0 aromatic rings. The minimum absolute atomic E-state index is 0.168. The summed E-state index contributed by atoms with van der Waals surface area (Å²) in [4.78, 5) is 36.5. The van der Waals surface area contributed by atoms with E-state index in [1.807, 2.05) is 0 Å². The number of carbonyl (C=O) groups is 3. The zero-order valence-electron chi connectivity index (χ0n) is 10.9. The van der Waals surface area contributed by atoms with E-state index in [9.17, 15) is 19.5 Å². The van der Waals surface area contributed by atoms with E-state index in [-0.39, 0.29) is 25.6 Å². The molecule has 1 spiro atoms. The molecule has 3 aliphatic heterocycles. The second kappa shape index (κ2) is 4.31. The van der Waals surface area contributed by atoms with Crippen LogP contribution in [0.3, 0.4) is 0 Å². The average Bonchev–Trinajstić information content (AvgIpc) is 2.99. The Labute approximate surface area is 115 Å². The third-order valence-electron chi connectivity index (χ3n) is 4.09. The molecule has 0 aromatic carbocycles. The quantitative estimate of drug-likeness (QED) is 0.547. The summed E-state index contributed by atoms with van der Waals surface area (Å²) < 4.78 is 10.5. The Morgan fingerprint density at radius 2 is 2.35 bits per heavy atom. The molecule has 20 heavy (non-hydrogen) atoms. The molecule has 108 valence electrons. The molecule has 3 heterocycles. The first-order valence-electron chi connectivity index (χ1n) is 6.53. The van der Waals surface area contributed by atoms with Gasteiger partial charge in [-0.15, -0.1) is 0 Å². The normalized spacial score (nSPS) is 37.4. The summed E-state index contributed by atoms with van der Waals surface area (Å²) in [5.41, 5.74) is -0.892. The molecule has 0 saturated carbocycles. The Morgan fingerprint density at radius 3 is 3.00 bits per heavy atom. The molecule has 0 aromatic heterocycles. The largest absolute Gasteiger partial charge is 0.481 e. The Morgan fingerprint density at radius 1 is 1.60 bits per heavy atom. The minimum Gasteiger partial charge on any atom is -0.481 e. The van der Waals surface area contributed by atoms with E-state index in [2.05, 4.69) is 0 Å². The number of carbonyl (C=O) groups excluding carboxylic acids is 2. The van der Waals surface area contributed by atoms with Crippen LogP contribution in [-0.4, -0.2) is 59.3 Å². The third kappa shape index (κ3) is 1.66. The monoisotopic (exact) mass is 281 g/mol. The molecule has 2 fully saturated rings. The van der Waals surface area contributed by atoms with Gasteiger partial charge in [0.2, 0.25) is 5.91 Å². The van der Waals surface area contributed by atoms with Gasteiger partial charge in [0.1, 0.15) is 18.1 Å². The topological polar surface area (TPSA) is 93.1 Å². The number of fused-ring (bicyclic) bond motifs is 1. The lowest BCUT2D eigenvalue weighted by atomic mass is 9.77. The van der Waals surface area contributed by atoms with Crippen LogP contribution in [0.15, 0.2) is 12.2 Å². The number of nitrogens with zero attached hydrogens (tertiary/aromatic N) is 1. The van der Waals surface area contributed by atoms with Crippen LogP contribution in [0.25, 0.3) is 0 Å². The number of hydrogen-bond donors (Lipinski definition) is 1. The average molecular weight is 281 g/mol. The predicted octanol–water partition coefficient (Wildman–Crippen LogP) is -0.584. The van der Waals surface area contributed by atoms with E-state index in [4.69, 9.17) is 9.47 Å². The van der Waals surface area contributed by atoms with Gasteiger partial charge in [0, 0.05) is 0 Å². The van der Waals surface area contributed by atoms with Crippen LogP contribution < -0.4 is 0 Å². The zero-order chi connectivity index (χ0) is 14.5. The van der Waals surface area contributed by atoms with Crippen LogP contribution in [0.2, 0.25) is 0 Å². The van der Waals surface area contributed by atoms with Gasteiger partial charge >= 0.3 is 11.9 Å². The van der Waals surface area contributed by atoms with Crippen LogP contribution in [0, 0.1) is 11.8 Å². The van der Waals surface area contributed by atoms with Crippen molar-refractivity contribution in [1.82, 2.24) is 4.90 Å². The van der Waals surface area contributed by atoms with Gasteiger partial charge in [-0.25, -0.2) is 0 Å². The minimum atomic E-state index is -1.04. The fourth-order valence-electron chi connectivity index (χ4n) is 3.36. The maximum Gasteiger partial charge on any atom is 0.325 e. The van der Waals surface area contributed by atoms with Crippen molar-refractivity contribution in [2.45, 2.75) is 18.6 Å². The second-order valence-electron chi connectivity index (χ2n) is 5.24. The molecule has 2 saturated heterocycles. The summed E-state index contributed by atoms with van der Waals surface area (Å²) in [6.07, 6.45) is 2.90. The number of amides is 1. The van der Waals surface area contributed by atoms with Crippen LogP contribution >= 0.6 is 0 Å². The number of hydrogen-bond acceptors (Lipinski definition) is 5. The highest BCUT2D eigenvalue weighted by molar-refractivity contribution is 5.92. The second-order valence-corrected chi connectivity index (χ2v) is 5.24. The van der Waals surface area contributed by atoms with E-state index in [1.165, 1.54) is 4.90 Å². The van der Waals surface area contributed by atoms with E-state index < -0.39 is 35.5 Å². The highest BCUT2D eigenvalue weighted by atomic mass is 16.5. The van der Waals surface area contributed by atoms with Crippen molar-refractivity contribution in [3.05, 3.63) is 12.2 Å². The Bertz CT molecular complexity index is 515. The number of carboxylic acid groups (broad SMARTS) is 1. The number of esters is 1. The lowest BCUT2D eigenvalue weighted by molar-refractivity contribution is -0.151. The predicted molar refractivity (Wildman–Crippen MR) is 64.6 cm³/mol.